The number of hydrogen-bond acceptors (Lipinski definition) is 4. The summed E-state index contributed by atoms with van der Waals surface area (Å²) in [6, 6.07) is 14.1. The van der Waals surface area contributed by atoms with Gasteiger partial charge in [0.2, 0.25) is 10.0 Å². The van der Waals surface area contributed by atoms with Crippen molar-refractivity contribution in [1.82, 2.24) is 10.0 Å². The predicted molar refractivity (Wildman–Crippen MR) is 105 cm³/mol. The lowest BCUT2D eigenvalue weighted by molar-refractivity contribution is -0.127. The normalized spacial score (nSPS) is 12.6. The summed E-state index contributed by atoms with van der Waals surface area (Å²) < 4.78 is 31.7. The van der Waals surface area contributed by atoms with Gasteiger partial charge in [0.25, 0.3) is 5.91 Å². The summed E-state index contributed by atoms with van der Waals surface area (Å²) in [6.07, 6.45) is -0.670. The standard InChI is InChI=1S/C20H26N2O4S/c1-14(2)17-8-6-9-18(12-17)26-15(3)20(23)22-13-16-7-5-10-19(11-16)27(24,25)21-4/h5-12,14-15,21H,13H2,1-4H3,(H,22,23). The van der Waals surface area contributed by atoms with Crippen molar-refractivity contribution < 1.29 is 17.9 Å². The van der Waals surface area contributed by atoms with Crippen LogP contribution in [0.5, 0.6) is 5.75 Å². The van der Waals surface area contributed by atoms with Gasteiger partial charge in [-0.25, -0.2) is 13.1 Å². The Balaban J connectivity index is 1.97. The van der Waals surface area contributed by atoms with Crippen molar-refractivity contribution >= 4 is 15.9 Å². The smallest absolute Gasteiger partial charge is 0.261 e. The van der Waals surface area contributed by atoms with Gasteiger partial charge in [0.15, 0.2) is 6.10 Å². The van der Waals surface area contributed by atoms with Gasteiger partial charge in [-0.15, -0.1) is 0 Å². The molecule has 0 aliphatic heterocycles. The van der Waals surface area contributed by atoms with E-state index in [1.165, 1.54) is 19.2 Å². The topological polar surface area (TPSA) is 84.5 Å². The third-order valence-electron chi connectivity index (χ3n) is 4.15. The van der Waals surface area contributed by atoms with Crippen molar-refractivity contribution in [2.45, 2.75) is 44.2 Å². The summed E-state index contributed by atoms with van der Waals surface area (Å²) in [4.78, 5) is 12.5. The fourth-order valence-electron chi connectivity index (χ4n) is 2.48. The summed E-state index contributed by atoms with van der Waals surface area (Å²) in [6.45, 7) is 6.08. The maximum absolute atomic E-state index is 12.3. The van der Waals surface area contributed by atoms with Crippen molar-refractivity contribution in [3.05, 3.63) is 59.7 Å². The number of sulfonamides is 1. The minimum absolute atomic E-state index is 0.159. The highest BCUT2D eigenvalue weighted by molar-refractivity contribution is 7.89. The maximum Gasteiger partial charge on any atom is 0.261 e. The minimum Gasteiger partial charge on any atom is -0.481 e. The van der Waals surface area contributed by atoms with Crippen molar-refractivity contribution in [2.24, 2.45) is 0 Å². The zero-order valence-electron chi connectivity index (χ0n) is 16.0. The van der Waals surface area contributed by atoms with Crippen LogP contribution >= 0.6 is 0 Å². The lowest BCUT2D eigenvalue weighted by Gasteiger charge is -2.16. The third kappa shape index (κ3) is 5.80. The number of ether oxygens (including phenoxy) is 1. The molecule has 146 valence electrons. The molecule has 0 fully saturated rings. The van der Waals surface area contributed by atoms with E-state index in [0.29, 0.717) is 17.2 Å². The SMILES string of the molecule is CNS(=O)(=O)c1cccc(CNC(=O)C(C)Oc2cccc(C(C)C)c2)c1. The highest BCUT2D eigenvalue weighted by Gasteiger charge is 2.16. The van der Waals surface area contributed by atoms with E-state index in [4.69, 9.17) is 4.74 Å². The Morgan fingerprint density at radius 3 is 2.44 bits per heavy atom. The van der Waals surface area contributed by atoms with E-state index >= 15 is 0 Å². The Morgan fingerprint density at radius 2 is 1.78 bits per heavy atom. The first kappa shape index (κ1) is 20.9. The van der Waals surface area contributed by atoms with E-state index in [1.54, 1.807) is 19.1 Å². The van der Waals surface area contributed by atoms with Crippen LogP contribution in [-0.2, 0) is 21.4 Å². The molecule has 0 heterocycles. The molecule has 2 aromatic carbocycles. The zero-order chi connectivity index (χ0) is 20.0. The number of hydrogen-bond donors (Lipinski definition) is 2. The molecule has 2 rings (SSSR count). The van der Waals surface area contributed by atoms with Gasteiger partial charge in [0, 0.05) is 6.54 Å². The second-order valence-electron chi connectivity index (χ2n) is 6.56. The molecular weight excluding hydrogens is 364 g/mol. The number of nitrogens with one attached hydrogen (secondary N) is 2. The van der Waals surface area contributed by atoms with Crippen LogP contribution in [-0.4, -0.2) is 27.5 Å². The molecule has 1 unspecified atom stereocenters. The Labute approximate surface area is 161 Å². The molecule has 6 nitrogen and oxygen atoms in total. The van der Waals surface area contributed by atoms with Crippen LogP contribution in [0.3, 0.4) is 0 Å². The van der Waals surface area contributed by atoms with Crippen LogP contribution in [0, 0.1) is 0 Å². The number of carbonyl (C=O) groups is 1. The molecule has 7 heteroatoms. The van der Waals surface area contributed by atoms with Crippen molar-refractivity contribution in [1.29, 1.82) is 0 Å². The molecule has 0 radical (unpaired) electrons. The lowest BCUT2D eigenvalue weighted by Crippen LogP contribution is -2.36. The van der Waals surface area contributed by atoms with Crippen molar-refractivity contribution in [3.8, 4) is 5.75 Å². The second-order valence-corrected chi connectivity index (χ2v) is 8.45. The van der Waals surface area contributed by atoms with E-state index in [1.807, 2.05) is 24.3 Å². The predicted octanol–water partition coefficient (Wildman–Crippen LogP) is 2.80. The minimum atomic E-state index is -3.51. The monoisotopic (exact) mass is 390 g/mol. The van der Waals surface area contributed by atoms with Gasteiger partial charge in [-0.05, 0) is 55.3 Å². The zero-order valence-corrected chi connectivity index (χ0v) is 16.8. The summed E-state index contributed by atoms with van der Waals surface area (Å²) in [5, 5.41) is 2.77. The Kier molecular flexibility index (Phi) is 6.98. The van der Waals surface area contributed by atoms with Gasteiger partial charge in [0.1, 0.15) is 5.75 Å². The number of benzene rings is 2. The van der Waals surface area contributed by atoms with Crippen LogP contribution in [0.1, 0.15) is 37.8 Å². The van der Waals surface area contributed by atoms with Gasteiger partial charge in [-0.2, -0.15) is 0 Å². The Morgan fingerprint density at radius 1 is 1.07 bits per heavy atom. The third-order valence-corrected chi connectivity index (χ3v) is 5.56. The first-order valence-corrected chi connectivity index (χ1v) is 10.3. The summed E-state index contributed by atoms with van der Waals surface area (Å²) in [5.74, 6) is 0.747. The molecule has 0 spiro atoms. The molecule has 1 amide bonds. The fraction of sp³-hybridized carbons (Fsp3) is 0.350. The van der Waals surface area contributed by atoms with Gasteiger partial charge in [-0.3, -0.25) is 4.79 Å². The molecule has 1 atom stereocenters. The van der Waals surface area contributed by atoms with Crippen LogP contribution in [0.25, 0.3) is 0 Å². The number of carbonyl (C=O) groups excluding carboxylic acids is 1. The molecule has 0 aromatic heterocycles. The number of amides is 1. The van der Waals surface area contributed by atoms with Crippen LogP contribution in [0.2, 0.25) is 0 Å². The second kappa shape index (κ2) is 9.01. The maximum atomic E-state index is 12.3. The van der Waals surface area contributed by atoms with Crippen LogP contribution in [0.15, 0.2) is 53.4 Å². The highest BCUT2D eigenvalue weighted by atomic mass is 32.2. The van der Waals surface area contributed by atoms with E-state index in [-0.39, 0.29) is 17.3 Å². The van der Waals surface area contributed by atoms with Gasteiger partial charge in [0.05, 0.1) is 4.90 Å². The molecule has 2 N–H and O–H groups in total. The van der Waals surface area contributed by atoms with Crippen LogP contribution in [0.4, 0.5) is 0 Å². The van der Waals surface area contributed by atoms with Gasteiger partial charge >= 0.3 is 0 Å². The molecule has 0 bridgehead atoms. The summed E-state index contributed by atoms with van der Waals surface area (Å²) >= 11 is 0. The first-order valence-electron chi connectivity index (χ1n) is 8.79. The van der Waals surface area contributed by atoms with Gasteiger partial charge < -0.3 is 10.1 Å². The first-order chi connectivity index (χ1) is 12.7. The van der Waals surface area contributed by atoms with Crippen molar-refractivity contribution in [2.75, 3.05) is 7.05 Å². The largest absolute Gasteiger partial charge is 0.481 e. The van der Waals surface area contributed by atoms with E-state index in [9.17, 15) is 13.2 Å². The molecule has 27 heavy (non-hydrogen) atoms. The van der Waals surface area contributed by atoms with E-state index in [2.05, 4.69) is 23.9 Å². The Hall–Kier alpha value is -2.38. The van der Waals surface area contributed by atoms with Gasteiger partial charge in [-0.1, -0.05) is 38.1 Å². The Bertz CT molecular complexity index is 894. The quantitative estimate of drug-likeness (QED) is 0.726. The molecular formula is C20H26N2O4S. The fourth-order valence-corrected chi connectivity index (χ4v) is 3.28. The molecule has 0 saturated carbocycles. The summed E-state index contributed by atoms with van der Waals surface area (Å²) in [5.41, 5.74) is 1.83. The average molecular weight is 391 g/mol. The molecule has 0 saturated heterocycles. The van der Waals surface area contributed by atoms with Crippen LogP contribution < -0.4 is 14.8 Å². The molecule has 0 aliphatic rings. The molecule has 2 aromatic rings. The summed E-state index contributed by atoms with van der Waals surface area (Å²) in [7, 11) is -2.16. The number of rotatable bonds is 8. The molecule has 0 aliphatic carbocycles. The highest BCUT2D eigenvalue weighted by Crippen LogP contribution is 2.21. The van der Waals surface area contributed by atoms with E-state index < -0.39 is 16.1 Å². The average Bonchev–Trinajstić information content (AvgIpc) is 2.66. The van der Waals surface area contributed by atoms with Crippen molar-refractivity contribution in [3.63, 3.8) is 0 Å². The lowest BCUT2D eigenvalue weighted by atomic mass is 10.0. The van der Waals surface area contributed by atoms with E-state index in [0.717, 1.165) is 5.56 Å².